The van der Waals surface area contributed by atoms with E-state index < -0.39 is 17.4 Å². The van der Waals surface area contributed by atoms with E-state index in [2.05, 4.69) is 10.6 Å². The van der Waals surface area contributed by atoms with Crippen LogP contribution in [0.15, 0.2) is 41.0 Å². The summed E-state index contributed by atoms with van der Waals surface area (Å²) >= 11 is 1.65. The Bertz CT molecular complexity index is 685. The molecule has 2 aromatic rings. The quantitative estimate of drug-likeness (QED) is 0.802. The summed E-state index contributed by atoms with van der Waals surface area (Å²) in [7, 11) is 0. The minimum Gasteiger partial charge on any atom is -0.464 e. The van der Waals surface area contributed by atoms with Crippen molar-refractivity contribution >= 4 is 23.5 Å². The van der Waals surface area contributed by atoms with Crippen molar-refractivity contribution in [2.45, 2.75) is 12.0 Å². The lowest BCUT2D eigenvalue weighted by atomic mass is 10.0. The summed E-state index contributed by atoms with van der Waals surface area (Å²) in [6, 6.07) is 7.30. The molecule has 23 heavy (non-hydrogen) atoms. The van der Waals surface area contributed by atoms with Gasteiger partial charge < -0.3 is 20.2 Å². The van der Waals surface area contributed by atoms with Gasteiger partial charge in [0, 0.05) is 17.9 Å². The van der Waals surface area contributed by atoms with Gasteiger partial charge in [-0.2, -0.15) is 11.8 Å². The SMILES string of the molecule is O=C(NCC1(O)CCSC1)Nc1cc(-c2ccco2)ccc1F. The van der Waals surface area contributed by atoms with Crippen LogP contribution >= 0.6 is 11.8 Å². The van der Waals surface area contributed by atoms with Crippen molar-refractivity contribution in [1.29, 1.82) is 0 Å². The molecule has 3 rings (SSSR count). The maximum atomic E-state index is 13.9. The molecule has 1 aromatic heterocycles. The Balaban J connectivity index is 1.65. The molecule has 3 N–H and O–H groups in total. The van der Waals surface area contributed by atoms with Crippen molar-refractivity contribution in [1.82, 2.24) is 5.32 Å². The van der Waals surface area contributed by atoms with E-state index in [4.69, 9.17) is 4.42 Å². The molecule has 1 saturated heterocycles. The van der Waals surface area contributed by atoms with E-state index >= 15 is 0 Å². The first kappa shape index (κ1) is 15.9. The van der Waals surface area contributed by atoms with E-state index in [0.717, 1.165) is 5.75 Å². The number of carbonyl (C=O) groups excluding carboxylic acids is 1. The number of aliphatic hydroxyl groups is 1. The molecule has 0 saturated carbocycles. The zero-order valence-corrected chi connectivity index (χ0v) is 13.2. The molecule has 5 nitrogen and oxygen atoms in total. The van der Waals surface area contributed by atoms with Crippen LogP contribution in [0.1, 0.15) is 6.42 Å². The summed E-state index contributed by atoms with van der Waals surface area (Å²) in [5.41, 5.74) is -0.155. The zero-order valence-electron chi connectivity index (χ0n) is 12.3. The molecule has 1 atom stereocenters. The summed E-state index contributed by atoms with van der Waals surface area (Å²) in [4.78, 5) is 11.9. The number of rotatable bonds is 4. The number of carbonyl (C=O) groups is 1. The summed E-state index contributed by atoms with van der Waals surface area (Å²) in [5, 5.41) is 15.2. The van der Waals surface area contributed by atoms with Crippen LogP contribution < -0.4 is 10.6 Å². The standard InChI is InChI=1S/C16H17FN2O3S/c17-12-4-3-11(14-2-1-6-22-14)8-13(12)19-15(20)18-9-16(21)5-7-23-10-16/h1-4,6,8,21H,5,7,9-10H2,(H2,18,19,20). The molecular weight excluding hydrogens is 319 g/mol. The molecule has 2 heterocycles. The number of urea groups is 1. The maximum Gasteiger partial charge on any atom is 0.319 e. The lowest BCUT2D eigenvalue weighted by molar-refractivity contribution is 0.0706. The van der Waals surface area contributed by atoms with Crippen LogP contribution in [-0.4, -0.2) is 34.8 Å². The topological polar surface area (TPSA) is 74.5 Å². The Morgan fingerprint density at radius 2 is 2.30 bits per heavy atom. The van der Waals surface area contributed by atoms with Crippen LogP contribution in [0, 0.1) is 5.82 Å². The van der Waals surface area contributed by atoms with E-state index in [1.165, 1.54) is 18.4 Å². The third-order valence-electron chi connectivity index (χ3n) is 3.68. The fraction of sp³-hybridized carbons (Fsp3) is 0.312. The van der Waals surface area contributed by atoms with Gasteiger partial charge in [0.15, 0.2) is 0 Å². The first-order valence-electron chi connectivity index (χ1n) is 7.24. The van der Waals surface area contributed by atoms with Gasteiger partial charge in [-0.25, -0.2) is 9.18 Å². The second kappa shape index (κ2) is 6.64. The Labute approximate surface area is 137 Å². The van der Waals surface area contributed by atoms with Crippen LogP contribution in [-0.2, 0) is 0 Å². The average molecular weight is 336 g/mol. The molecule has 0 spiro atoms. The monoisotopic (exact) mass is 336 g/mol. The van der Waals surface area contributed by atoms with Gasteiger partial charge in [-0.05, 0) is 42.5 Å². The van der Waals surface area contributed by atoms with E-state index in [0.29, 0.717) is 23.5 Å². The molecular formula is C16H17FN2O3S. The largest absolute Gasteiger partial charge is 0.464 e. The number of hydrogen-bond acceptors (Lipinski definition) is 4. The minimum atomic E-state index is -0.878. The molecule has 1 aliphatic heterocycles. The zero-order chi connectivity index (χ0) is 16.3. The lowest BCUT2D eigenvalue weighted by Crippen LogP contribution is -2.44. The van der Waals surface area contributed by atoms with Crippen molar-refractivity contribution in [3.05, 3.63) is 42.4 Å². The van der Waals surface area contributed by atoms with Gasteiger partial charge in [0.05, 0.1) is 17.6 Å². The van der Waals surface area contributed by atoms with Crippen LogP contribution in [0.25, 0.3) is 11.3 Å². The molecule has 122 valence electrons. The fourth-order valence-corrected chi connectivity index (χ4v) is 3.66. The number of benzene rings is 1. The molecule has 2 amide bonds. The second-order valence-electron chi connectivity index (χ2n) is 5.51. The van der Waals surface area contributed by atoms with Crippen LogP contribution in [0.2, 0.25) is 0 Å². The number of anilines is 1. The third kappa shape index (κ3) is 3.86. The van der Waals surface area contributed by atoms with E-state index in [1.54, 1.807) is 30.0 Å². The van der Waals surface area contributed by atoms with Crippen LogP contribution in [0.5, 0.6) is 0 Å². The highest BCUT2D eigenvalue weighted by atomic mass is 32.2. The van der Waals surface area contributed by atoms with Gasteiger partial charge >= 0.3 is 6.03 Å². The summed E-state index contributed by atoms with van der Waals surface area (Å²) in [6.45, 7) is 0.144. The van der Waals surface area contributed by atoms with Gasteiger partial charge in [0.1, 0.15) is 11.6 Å². The van der Waals surface area contributed by atoms with Crippen molar-refractivity contribution in [2.75, 3.05) is 23.4 Å². The first-order chi connectivity index (χ1) is 11.1. The van der Waals surface area contributed by atoms with Gasteiger partial charge in [-0.15, -0.1) is 0 Å². The highest BCUT2D eigenvalue weighted by molar-refractivity contribution is 7.99. The number of halogens is 1. The molecule has 7 heteroatoms. The van der Waals surface area contributed by atoms with Crippen LogP contribution in [0.4, 0.5) is 14.9 Å². The number of furan rings is 1. The number of nitrogens with one attached hydrogen (secondary N) is 2. The highest BCUT2D eigenvalue weighted by Gasteiger charge is 2.32. The predicted molar refractivity (Wildman–Crippen MR) is 88.0 cm³/mol. The van der Waals surface area contributed by atoms with Gasteiger partial charge in [0.25, 0.3) is 0 Å². The van der Waals surface area contributed by atoms with E-state index in [9.17, 15) is 14.3 Å². The van der Waals surface area contributed by atoms with Gasteiger partial charge in [-0.1, -0.05) is 0 Å². The average Bonchev–Trinajstić information content (AvgIpc) is 3.20. The Hall–Kier alpha value is -1.99. The van der Waals surface area contributed by atoms with E-state index in [-0.39, 0.29) is 12.2 Å². The third-order valence-corrected chi connectivity index (χ3v) is 4.92. The number of amides is 2. The number of hydrogen-bond donors (Lipinski definition) is 3. The fourth-order valence-electron chi connectivity index (χ4n) is 2.36. The minimum absolute atomic E-state index is 0.0594. The normalized spacial score (nSPS) is 20.4. The molecule has 0 aliphatic carbocycles. The highest BCUT2D eigenvalue weighted by Crippen LogP contribution is 2.27. The van der Waals surface area contributed by atoms with Crippen molar-refractivity contribution < 1.29 is 18.7 Å². The van der Waals surface area contributed by atoms with Crippen molar-refractivity contribution in [3.63, 3.8) is 0 Å². The summed E-state index contributed by atoms with van der Waals surface area (Å²) < 4.78 is 19.1. The molecule has 0 radical (unpaired) electrons. The first-order valence-corrected chi connectivity index (χ1v) is 8.40. The molecule has 1 aliphatic rings. The summed E-state index contributed by atoms with van der Waals surface area (Å²) in [6.07, 6.45) is 2.17. The smallest absolute Gasteiger partial charge is 0.319 e. The Morgan fingerprint density at radius 3 is 3.00 bits per heavy atom. The summed E-state index contributed by atoms with van der Waals surface area (Å²) in [5.74, 6) is 1.52. The van der Waals surface area contributed by atoms with Crippen LogP contribution in [0.3, 0.4) is 0 Å². The van der Waals surface area contributed by atoms with Crippen molar-refractivity contribution in [2.24, 2.45) is 0 Å². The van der Waals surface area contributed by atoms with Gasteiger partial charge in [-0.3, -0.25) is 0 Å². The maximum absolute atomic E-state index is 13.9. The predicted octanol–water partition coefficient (Wildman–Crippen LogP) is 3.08. The van der Waals surface area contributed by atoms with Crippen molar-refractivity contribution in [3.8, 4) is 11.3 Å². The second-order valence-corrected chi connectivity index (χ2v) is 6.61. The Morgan fingerprint density at radius 1 is 1.43 bits per heavy atom. The molecule has 0 bridgehead atoms. The van der Waals surface area contributed by atoms with E-state index in [1.807, 2.05) is 0 Å². The molecule has 1 aromatic carbocycles. The molecule has 1 fully saturated rings. The van der Waals surface area contributed by atoms with Gasteiger partial charge in [0.2, 0.25) is 0 Å². The Kier molecular flexibility index (Phi) is 4.58. The number of thioether (sulfide) groups is 1. The lowest BCUT2D eigenvalue weighted by Gasteiger charge is -2.21. The molecule has 1 unspecified atom stereocenters.